The zero-order chi connectivity index (χ0) is 24.5. The van der Waals surface area contributed by atoms with Gasteiger partial charge >= 0.3 is 0 Å². The third-order valence-corrected chi connectivity index (χ3v) is 5.59. The molecule has 7 heteroatoms. The number of aromatic nitrogens is 1. The highest BCUT2D eigenvalue weighted by atomic mass is 16.3. The van der Waals surface area contributed by atoms with E-state index in [-0.39, 0.29) is 35.1 Å². The first-order valence-corrected chi connectivity index (χ1v) is 11.5. The van der Waals surface area contributed by atoms with Gasteiger partial charge in [-0.05, 0) is 36.1 Å². The molecule has 0 aliphatic heterocycles. The van der Waals surface area contributed by atoms with Crippen molar-refractivity contribution < 1.29 is 19.1 Å². The number of carbonyl (C=O) groups excluding carboxylic acids is 2. The van der Waals surface area contributed by atoms with Gasteiger partial charge in [0.1, 0.15) is 12.0 Å². The van der Waals surface area contributed by atoms with Crippen LogP contribution in [0.4, 0.5) is 0 Å². The van der Waals surface area contributed by atoms with Crippen LogP contribution in [0, 0.1) is 0 Å². The second-order valence-corrected chi connectivity index (χ2v) is 8.06. The SMILES string of the molecule is O=C(NCCCCNC(=O)C(c1ccccc1)c1ccccc1)c1coc(-c2ccccc2O)n1. The van der Waals surface area contributed by atoms with Gasteiger partial charge in [0, 0.05) is 13.1 Å². The Labute approximate surface area is 203 Å². The summed E-state index contributed by atoms with van der Waals surface area (Å²) < 4.78 is 5.34. The largest absolute Gasteiger partial charge is 0.507 e. The lowest BCUT2D eigenvalue weighted by Gasteiger charge is -2.18. The Balaban J connectivity index is 1.23. The zero-order valence-electron chi connectivity index (χ0n) is 19.2. The molecule has 7 nitrogen and oxygen atoms in total. The number of phenolic OH excluding ortho intramolecular Hbond substituents is 1. The molecule has 0 fully saturated rings. The number of rotatable bonds is 10. The van der Waals surface area contributed by atoms with Crippen molar-refractivity contribution >= 4 is 11.8 Å². The highest BCUT2D eigenvalue weighted by Crippen LogP contribution is 2.28. The minimum absolute atomic E-state index is 0.0325. The lowest BCUT2D eigenvalue weighted by Crippen LogP contribution is -2.31. The van der Waals surface area contributed by atoms with E-state index in [1.54, 1.807) is 18.2 Å². The molecule has 1 aromatic heterocycles. The van der Waals surface area contributed by atoms with Crippen molar-refractivity contribution in [1.82, 2.24) is 15.6 Å². The maximum atomic E-state index is 13.0. The van der Waals surface area contributed by atoms with E-state index in [1.165, 1.54) is 12.3 Å². The Bertz CT molecular complexity index is 1220. The third kappa shape index (κ3) is 6.14. The maximum Gasteiger partial charge on any atom is 0.273 e. The zero-order valence-corrected chi connectivity index (χ0v) is 19.2. The number of unbranched alkanes of at least 4 members (excludes halogenated alkanes) is 1. The van der Waals surface area contributed by atoms with Crippen molar-refractivity contribution in [3.63, 3.8) is 0 Å². The first-order chi connectivity index (χ1) is 17.1. The van der Waals surface area contributed by atoms with Crippen LogP contribution in [0.25, 0.3) is 11.5 Å². The lowest BCUT2D eigenvalue weighted by atomic mass is 9.90. The Hall–Kier alpha value is -4.39. The van der Waals surface area contributed by atoms with Gasteiger partial charge in [0.25, 0.3) is 5.91 Å². The molecule has 0 saturated heterocycles. The van der Waals surface area contributed by atoms with Crippen LogP contribution in [0.1, 0.15) is 40.4 Å². The Kier molecular flexibility index (Phi) is 7.91. The topological polar surface area (TPSA) is 104 Å². The van der Waals surface area contributed by atoms with Gasteiger partial charge in [-0.2, -0.15) is 0 Å². The standard InChI is InChI=1S/C28H27N3O4/c32-24-16-8-7-15-22(24)28-31-23(19-35-28)26(33)29-17-9-10-18-30-27(34)25(20-11-3-1-4-12-20)21-13-5-2-6-14-21/h1-8,11-16,19,25,32H,9-10,17-18H2,(H,29,33)(H,30,34). The molecule has 4 aromatic rings. The van der Waals surface area contributed by atoms with Crippen LogP contribution in [0.2, 0.25) is 0 Å². The van der Waals surface area contributed by atoms with Crippen LogP contribution in [0.3, 0.4) is 0 Å². The Morgan fingerprint density at radius 2 is 1.37 bits per heavy atom. The summed E-state index contributed by atoms with van der Waals surface area (Å²) in [4.78, 5) is 29.5. The lowest BCUT2D eigenvalue weighted by molar-refractivity contribution is -0.121. The quantitative estimate of drug-likeness (QED) is 0.297. The van der Waals surface area contributed by atoms with Gasteiger partial charge in [0.05, 0.1) is 11.5 Å². The van der Waals surface area contributed by atoms with Crippen LogP contribution in [-0.2, 0) is 4.79 Å². The van der Waals surface area contributed by atoms with E-state index in [2.05, 4.69) is 15.6 Å². The summed E-state index contributed by atoms with van der Waals surface area (Å²) in [5, 5.41) is 15.7. The number of hydrogen-bond acceptors (Lipinski definition) is 5. The van der Waals surface area contributed by atoms with Crippen LogP contribution in [0.15, 0.2) is 95.6 Å². The fourth-order valence-corrected chi connectivity index (χ4v) is 3.80. The van der Waals surface area contributed by atoms with Crippen molar-refractivity contribution in [3.05, 3.63) is 108 Å². The van der Waals surface area contributed by atoms with Crippen molar-refractivity contribution in [1.29, 1.82) is 0 Å². The molecule has 0 atom stereocenters. The number of benzene rings is 3. The normalized spacial score (nSPS) is 10.8. The molecule has 0 radical (unpaired) electrons. The monoisotopic (exact) mass is 469 g/mol. The molecule has 178 valence electrons. The molecule has 0 saturated carbocycles. The third-order valence-electron chi connectivity index (χ3n) is 5.59. The number of para-hydroxylation sites is 1. The molecular weight excluding hydrogens is 442 g/mol. The van der Waals surface area contributed by atoms with Gasteiger partial charge in [-0.3, -0.25) is 9.59 Å². The van der Waals surface area contributed by atoms with Crippen molar-refractivity contribution in [2.24, 2.45) is 0 Å². The molecule has 2 amide bonds. The van der Waals surface area contributed by atoms with Crippen LogP contribution >= 0.6 is 0 Å². The molecule has 0 aliphatic carbocycles. The van der Waals surface area contributed by atoms with E-state index in [0.29, 0.717) is 31.5 Å². The van der Waals surface area contributed by atoms with Gasteiger partial charge in [-0.25, -0.2) is 4.98 Å². The summed E-state index contributed by atoms with van der Waals surface area (Å²) >= 11 is 0. The summed E-state index contributed by atoms with van der Waals surface area (Å²) in [6, 6.07) is 26.1. The predicted octanol–water partition coefficient (Wildman–Crippen LogP) is 4.51. The van der Waals surface area contributed by atoms with Crippen molar-refractivity contribution in [3.8, 4) is 17.2 Å². The summed E-state index contributed by atoms with van der Waals surface area (Å²) in [5.74, 6) is -0.562. The first kappa shape index (κ1) is 23.8. The molecule has 0 aliphatic rings. The number of phenols is 1. The van der Waals surface area contributed by atoms with Gasteiger partial charge in [0.2, 0.25) is 11.8 Å². The molecular formula is C28H27N3O4. The summed E-state index contributed by atoms with van der Waals surface area (Å²) in [7, 11) is 0. The average Bonchev–Trinajstić information content (AvgIpc) is 3.38. The Morgan fingerprint density at radius 3 is 2.00 bits per heavy atom. The van der Waals surface area contributed by atoms with E-state index in [0.717, 1.165) is 11.1 Å². The molecule has 0 spiro atoms. The average molecular weight is 470 g/mol. The van der Waals surface area contributed by atoms with Crippen LogP contribution < -0.4 is 10.6 Å². The molecule has 4 rings (SSSR count). The second kappa shape index (κ2) is 11.7. The molecule has 35 heavy (non-hydrogen) atoms. The van der Waals surface area contributed by atoms with E-state index in [9.17, 15) is 14.7 Å². The summed E-state index contributed by atoms with van der Waals surface area (Å²) in [6.45, 7) is 0.945. The van der Waals surface area contributed by atoms with Crippen molar-refractivity contribution in [2.45, 2.75) is 18.8 Å². The first-order valence-electron chi connectivity index (χ1n) is 11.5. The molecule has 3 aromatic carbocycles. The number of aromatic hydroxyl groups is 1. The van der Waals surface area contributed by atoms with Gasteiger partial charge in [0.15, 0.2) is 5.69 Å². The van der Waals surface area contributed by atoms with Gasteiger partial charge in [-0.15, -0.1) is 0 Å². The highest BCUT2D eigenvalue weighted by Gasteiger charge is 2.22. The smallest absolute Gasteiger partial charge is 0.273 e. The van der Waals surface area contributed by atoms with E-state index < -0.39 is 0 Å². The predicted molar refractivity (Wildman–Crippen MR) is 133 cm³/mol. The number of nitrogens with zero attached hydrogens (tertiary/aromatic N) is 1. The number of carbonyl (C=O) groups is 2. The molecule has 0 unspecified atom stereocenters. The molecule has 3 N–H and O–H groups in total. The summed E-state index contributed by atoms with van der Waals surface area (Å²) in [6.07, 6.45) is 2.67. The highest BCUT2D eigenvalue weighted by molar-refractivity contribution is 5.92. The second-order valence-electron chi connectivity index (χ2n) is 8.06. The number of amides is 2. The van der Waals surface area contributed by atoms with Gasteiger partial charge < -0.3 is 20.2 Å². The minimum Gasteiger partial charge on any atom is -0.507 e. The summed E-state index contributed by atoms with van der Waals surface area (Å²) in [5.41, 5.74) is 2.45. The molecule has 0 bridgehead atoms. The van der Waals surface area contributed by atoms with E-state index in [1.807, 2.05) is 60.7 Å². The minimum atomic E-state index is -0.373. The number of hydrogen-bond donors (Lipinski definition) is 3. The van der Waals surface area contributed by atoms with Crippen LogP contribution in [0.5, 0.6) is 5.75 Å². The number of nitrogens with one attached hydrogen (secondary N) is 2. The maximum absolute atomic E-state index is 13.0. The van der Waals surface area contributed by atoms with Crippen molar-refractivity contribution in [2.75, 3.05) is 13.1 Å². The number of oxazole rings is 1. The fraction of sp³-hybridized carbons (Fsp3) is 0.179. The Morgan fingerprint density at radius 1 is 0.800 bits per heavy atom. The van der Waals surface area contributed by atoms with Crippen LogP contribution in [-0.4, -0.2) is 35.0 Å². The fourth-order valence-electron chi connectivity index (χ4n) is 3.80. The van der Waals surface area contributed by atoms with Gasteiger partial charge in [-0.1, -0.05) is 72.8 Å². The van der Waals surface area contributed by atoms with E-state index in [4.69, 9.17) is 4.42 Å². The van der Waals surface area contributed by atoms with E-state index >= 15 is 0 Å². The molecule has 1 heterocycles.